The van der Waals surface area contributed by atoms with E-state index in [0.717, 1.165) is 11.8 Å². The quantitative estimate of drug-likeness (QED) is 0.700. The number of thioether (sulfide) groups is 1. The van der Waals surface area contributed by atoms with E-state index in [9.17, 15) is 4.79 Å². The molecule has 4 rings (SSSR count). The van der Waals surface area contributed by atoms with Crippen LogP contribution in [0.4, 0.5) is 0 Å². The molecule has 0 saturated heterocycles. The molecule has 1 aliphatic rings. The number of rotatable bonds is 1. The second kappa shape index (κ2) is 7.11. The number of pyridine rings is 1. The first-order chi connectivity index (χ1) is 11.2. The molecule has 0 spiro atoms. The molecule has 2 aromatic carbocycles. The van der Waals surface area contributed by atoms with Gasteiger partial charge in [-0.25, -0.2) is 9.78 Å². The van der Waals surface area contributed by atoms with Crippen LogP contribution in [0.3, 0.4) is 0 Å². The van der Waals surface area contributed by atoms with Crippen molar-refractivity contribution in [2.75, 3.05) is 0 Å². The van der Waals surface area contributed by atoms with E-state index in [1.807, 2.05) is 30.0 Å². The van der Waals surface area contributed by atoms with Gasteiger partial charge >= 0.3 is 5.97 Å². The maximum atomic E-state index is 10.6. The van der Waals surface area contributed by atoms with E-state index < -0.39 is 5.97 Å². The highest BCUT2D eigenvalue weighted by molar-refractivity contribution is 8.02. The van der Waals surface area contributed by atoms with Crippen molar-refractivity contribution in [1.29, 1.82) is 0 Å². The number of aromatic carboxylic acids is 1. The van der Waals surface area contributed by atoms with Gasteiger partial charge in [0.05, 0.1) is 5.52 Å². The Hall–Kier alpha value is -2.59. The number of aromatic nitrogens is 1. The molecule has 0 bridgehead atoms. The van der Waals surface area contributed by atoms with Crippen LogP contribution in [0.5, 0.6) is 0 Å². The highest BCUT2D eigenvalue weighted by atomic mass is 32.2. The smallest absolute Gasteiger partial charge is 0.354 e. The highest BCUT2D eigenvalue weighted by Gasteiger charge is 2.04. The minimum Gasteiger partial charge on any atom is -0.477 e. The number of para-hydroxylation sites is 1. The van der Waals surface area contributed by atoms with Crippen molar-refractivity contribution < 1.29 is 9.90 Å². The third-order valence-electron chi connectivity index (χ3n) is 3.42. The zero-order valence-corrected chi connectivity index (χ0v) is 13.2. The zero-order valence-electron chi connectivity index (χ0n) is 12.3. The van der Waals surface area contributed by atoms with Gasteiger partial charge in [0.15, 0.2) is 0 Å². The van der Waals surface area contributed by atoms with Crippen LogP contribution in [0.2, 0.25) is 0 Å². The van der Waals surface area contributed by atoms with Gasteiger partial charge in [-0.3, -0.25) is 0 Å². The molecule has 0 aliphatic carbocycles. The molecule has 1 N–H and O–H groups in total. The molecule has 0 unspecified atom stereocenters. The second-order valence-corrected chi connectivity index (χ2v) is 5.94. The van der Waals surface area contributed by atoms with Gasteiger partial charge in [0.2, 0.25) is 0 Å². The van der Waals surface area contributed by atoms with Crippen molar-refractivity contribution in [2.24, 2.45) is 0 Å². The van der Waals surface area contributed by atoms with Gasteiger partial charge in [-0.1, -0.05) is 60.3 Å². The third kappa shape index (κ3) is 3.79. The number of allylic oxidation sites excluding steroid dienone is 1. The molecule has 0 atom stereocenters. The zero-order chi connectivity index (χ0) is 16.1. The topological polar surface area (TPSA) is 50.2 Å². The first-order valence-corrected chi connectivity index (χ1v) is 8.10. The van der Waals surface area contributed by atoms with Crippen molar-refractivity contribution in [3.8, 4) is 0 Å². The molecule has 0 fully saturated rings. The summed E-state index contributed by atoms with van der Waals surface area (Å²) in [6.45, 7) is 0. The molecule has 1 aliphatic heterocycles. The average Bonchev–Trinajstić information content (AvgIpc) is 2.62. The maximum Gasteiger partial charge on any atom is 0.354 e. The Morgan fingerprint density at radius 3 is 2.61 bits per heavy atom. The van der Waals surface area contributed by atoms with E-state index in [0.29, 0.717) is 5.52 Å². The Morgan fingerprint density at radius 1 is 1.00 bits per heavy atom. The van der Waals surface area contributed by atoms with Gasteiger partial charge in [-0.05, 0) is 35.6 Å². The molecule has 0 radical (unpaired) electrons. The number of carbonyl (C=O) groups is 1. The molecular formula is C19H15NO2S. The minimum atomic E-state index is -0.995. The molecule has 0 saturated carbocycles. The lowest BCUT2D eigenvalue weighted by Gasteiger charge is -2.07. The molecule has 3 aromatic rings. The molecule has 1 aromatic heterocycles. The lowest BCUT2D eigenvalue weighted by Crippen LogP contribution is -1.99. The van der Waals surface area contributed by atoms with E-state index in [1.165, 1.54) is 16.5 Å². The first kappa shape index (κ1) is 15.3. The third-order valence-corrected chi connectivity index (χ3v) is 4.40. The van der Waals surface area contributed by atoms with E-state index >= 15 is 0 Å². The fourth-order valence-corrected chi connectivity index (χ4v) is 3.07. The van der Waals surface area contributed by atoms with Crippen LogP contribution in [0.25, 0.3) is 10.9 Å². The van der Waals surface area contributed by atoms with Gasteiger partial charge in [0.1, 0.15) is 5.69 Å². The van der Waals surface area contributed by atoms with Crippen molar-refractivity contribution in [3.63, 3.8) is 0 Å². The molecule has 2 heterocycles. The number of carboxylic acid groups (broad SMARTS) is 1. The predicted molar refractivity (Wildman–Crippen MR) is 93.8 cm³/mol. The summed E-state index contributed by atoms with van der Waals surface area (Å²) in [6.07, 6.45) is 3.30. The van der Waals surface area contributed by atoms with Crippen LogP contribution in [0.15, 0.2) is 77.0 Å². The summed E-state index contributed by atoms with van der Waals surface area (Å²) >= 11 is 1.81. The number of benzene rings is 2. The molecule has 3 nitrogen and oxygen atoms in total. The van der Waals surface area contributed by atoms with Crippen molar-refractivity contribution in [2.45, 2.75) is 11.3 Å². The summed E-state index contributed by atoms with van der Waals surface area (Å²) in [5, 5.41) is 11.8. The van der Waals surface area contributed by atoms with Crippen LogP contribution >= 0.6 is 11.8 Å². The normalized spacial score (nSPS) is 12.2. The number of nitrogens with zero attached hydrogens (tertiary/aromatic N) is 1. The molecular weight excluding hydrogens is 306 g/mol. The van der Waals surface area contributed by atoms with E-state index in [1.54, 1.807) is 12.1 Å². The Bertz CT molecular complexity index is 847. The largest absolute Gasteiger partial charge is 0.477 e. The van der Waals surface area contributed by atoms with Gasteiger partial charge in [-0.15, -0.1) is 0 Å². The summed E-state index contributed by atoms with van der Waals surface area (Å²) in [7, 11) is 0. The molecule has 114 valence electrons. The summed E-state index contributed by atoms with van der Waals surface area (Å²) in [6, 6.07) is 19.2. The monoisotopic (exact) mass is 321 g/mol. The fourth-order valence-electron chi connectivity index (χ4n) is 2.27. The minimum absolute atomic E-state index is 0.0821. The SMILES string of the molecule is C1=CSc2ccccc2C1.O=C(O)c1ccc2ccccc2n1. The van der Waals surface area contributed by atoms with Gasteiger partial charge in [0.25, 0.3) is 0 Å². The maximum absolute atomic E-state index is 10.6. The molecule has 23 heavy (non-hydrogen) atoms. The Balaban J connectivity index is 0.000000140. The molecule has 0 amide bonds. The number of fused-ring (bicyclic) bond motifs is 2. The van der Waals surface area contributed by atoms with E-state index in [2.05, 4.69) is 40.7 Å². The number of hydrogen-bond acceptors (Lipinski definition) is 3. The van der Waals surface area contributed by atoms with Crippen LogP contribution in [0.1, 0.15) is 16.1 Å². The van der Waals surface area contributed by atoms with Crippen LogP contribution in [0, 0.1) is 0 Å². The van der Waals surface area contributed by atoms with Crippen LogP contribution in [-0.4, -0.2) is 16.1 Å². The van der Waals surface area contributed by atoms with Crippen LogP contribution in [-0.2, 0) is 6.42 Å². The first-order valence-electron chi connectivity index (χ1n) is 7.23. The van der Waals surface area contributed by atoms with E-state index in [4.69, 9.17) is 5.11 Å². The second-order valence-electron chi connectivity index (χ2n) is 5.00. The summed E-state index contributed by atoms with van der Waals surface area (Å²) in [4.78, 5) is 16.0. The lowest BCUT2D eigenvalue weighted by atomic mass is 10.1. The predicted octanol–water partition coefficient (Wildman–Crippen LogP) is 4.78. The Kier molecular flexibility index (Phi) is 4.74. The van der Waals surface area contributed by atoms with Crippen LogP contribution < -0.4 is 0 Å². The van der Waals surface area contributed by atoms with Crippen molar-refractivity contribution in [3.05, 3.63) is 83.4 Å². The van der Waals surface area contributed by atoms with Gasteiger partial charge in [-0.2, -0.15) is 0 Å². The fraction of sp³-hybridized carbons (Fsp3) is 0.0526. The van der Waals surface area contributed by atoms with Crippen molar-refractivity contribution in [1.82, 2.24) is 4.98 Å². The van der Waals surface area contributed by atoms with E-state index in [-0.39, 0.29) is 5.69 Å². The van der Waals surface area contributed by atoms with Gasteiger partial charge < -0.3 is 5.11 Å². The standard InChI is InChI=1S/C10H7NO2.C9H8S/c12-10(13)9-6-5-7-3-1-2-4-8(7)11-9;1-2-6-9-8(4-1)5-3-7-10-9/h1-6H,(H,12,13);1-4,6-7H,5H2. The summed E-state index contributed by atoms with van der Waals surface area (Å²) in [5.41, 5.74) is 2.25. The highest BCUT2D eigenvalue weighted by Crippen LogP contribution is 2.27. The Labute approximate surface area is 138 Å². The summed E-state index contributed by atoms with van der Waals surface area (Å²) in [5.74, 6) is -0.995. The average molecular weight is 321 g/mol. The molecule has 4 heteroatoms. The lowest BCUT2D eigenvalue weighted by molar-refractivity contribution is 0.0691. The Morgan fingerprint density at radius 2 is 1.78 bits per heavy atom. The van der Waals surface area contributed by atoms with Crippen molar-refractivity contribution >= 4 is 28.6 Å². The number of carboxylic acids is 1. The van der Waals surface area contributed by atoms with Gasteiger partial charge in [0, 0.05) is 10.3 Å². The number of hydrogen-bond donors (Lipinski definition) is 1. The summed E-state index contributed by atoms with van der Waals surface area (Å²) < 4.78 is 0.